The molecule has 2 aromatic rings. The predicted octanol–water partition coefficient (Wildman–Crippen LogP) is 2.65. The number of carbonyl (C=O) groups is 2. The van der Waals surface area contributed by atoms with Crippen molar-refractivity contribution in [2.45, 2.75) is 13.3 Å². The van der Waals surface area contributed by atoms with E-state index >= 15 is 0 Å². The summed E-state index contributed by atoms with van der Waals surface area (Å²) < 4.78 is 16.0. The highest BCUT2D eigenvalue weighted by Crippen LogP contribution is 2.21. The number of ether oxygens (including phenoxy) is 3. The number of anilines is 1. The number of hydrogen-bond donors (Lipinski definition) is 0. The van der Waals surface area contributed by atoms with Crippen molar-refractivity contribution >= 4 is 23.3 Å². The van der Waals surface area contributed by atoms with Gasteiger partial charge in [0.25, 0.3) is 11.6 Å². The number of non-ortho nitro benzene ring substituents is 1. The van der Waals surface area contributed by atoms with Crippen LogP contribution in [0.3, 0.4) is 0 Å². The molecule has 2 aromatic carbocycles. The van der Waals surface area contributed by atoms with Gasteiger partial charge in [0.2, 0.25) is 0 Å². The monoisotopic (exact) mass is 457 g/mol. The summed E-state index contributed by atoms with van der Waals surface area (Å²) in [7, 11) is 0. The summed E-state index contributed by atoms with van der Waals surface area (Å²) >= 11 is 0. The van der Waals surface area contributed by atoms with Crippen molar-refractivity contribution in [1.82, 2.24) is 4.90 Å². The third-order valence-electron chi connectivity index (χ3n) is 5.12. The van der Waals surface area contributed by atoms with Crippen LogP contribution in [0.4, 0.5) is 11.4 Å². The smallest absolute Gasteiger partial charge is 0.309 e. The molecule has 10 heteroatoms. The molecule has 0 saturated carbocycles. The Labute approximate surface area is 191 Å². The Morgan fingerprint density at radius 3 is 2.12 bits per heavy atom. The number of nitrogens with zero attached hydrogens (tertiary/aromatic N) is 3. The topological polar surface area (TPSA) is 111 Å². The van der Waals surface area contributed by atoms with E-state index in [4.69, 9.17) is 14.2 Å². The van der Waals surface area contributed by atoms with Crippen molar-refractivity contribution in [2.24, 2.45) is 0 Å². The van der Waals surface area contributed by atoms with E-state index in [9.17, 15) is 19.7 Å². The second-order valence-corrected chi connectivity index (χ2v) is 7.30. The van der Waals surface area contributed by atoms with Crippen LogP contribution in [-0.4, -0.2) is 67.7 Å². The quantitative estimate of drug-likeness (QED) is 0.304. The summed E-state index contributed by atoms with van der Waals surface area (Å²) in [6, 6.07) is 13.4. The molecule has 0 N–H and O–H groups in total. The fraction of sp³-hybridized carbons (Fsp3) is 0.391. The van der Waals surface area contributed by atoms with Gasteiger partial charge in [-0.2, -0.15) is 0 Å². The number of benzene rings is 2. The van der Waals surface area contributed by atoms with Crippen molar-refractivity contribution in [3.05, 3.63) is 58.6 Å². The molecule has 3 rings (SSSR count). The average Bonchev–Trinajstić information content (AvgIpc) is 2.84. The first-order valence-corrected chi connectivity index (χ1v) is 10.7. The van der Waals surface area contributed by atoms with Crippen molar-refractivity contribution in [1.29, 1.82) is 0 Å². The Balaban J connectivity index is 1.33. The molecule has 0 bridgehead atoms. The van der Waals surface area contributed by atoms with Crippen LogP contribution in [0, 0.1) is 10.1 Å². The molecule has 1 aliphatic rings. The number of hydrogen-bond acceptors (Lipinski definition) is 8. The fourth-order valence-electron chi connectivity index (χ4n) is 3.36. The fourth-order valence-corrected chi connectivity index (χ4v) is 3.36. The van der Waals surface area contributed by atoms with Crippen LogP contribution in [0.1, 0.15) is 13.3 Å². The van der Waals surface area contributed by atoms with Crippen LogP contribution < -0.4 is 14.4 Å². The Bertz CT molecular complexity index is 940. The lowest BCUT2D eigenvalue weighted by atomic mass is 10.2. The maximum Gasteiger partial charge on any atom is 0.309 e. The van der Waals surface area contributed by atoms with E-state index in [2.05, 4.69) is 4.90 Å². The lowest BCUT2D eigenvalue weighted by molar-refractivity contribution is -0.384. The molecule has 33 heavy (non-hydrogen) atoms. The first-order chi connectivity index (χ1) is 16.0. The summed E-state index contributed by atoms with van der Waals surface area (Å²) in [5.74, 6) is 0.613. The molecule has 0 unspecified atom stereocenters. The van der Waals surface area contributed by atoms with E-state index in [0.29, 0.717) is 38.5 Å². The SMILES string of the molecule is CCOc1ccc(OCCC(=O)OCC(=O)N2CCN(c3ccc([N+](=O)[O-])cc3)CC2)cc1. The predicted molar refractivity (Wildman–Crippen MR) is 121 cm³/mol. The van der Waals surface area contributed by atoms with Crippen LogP contribution in [-0.2, 0) is 14.3 Å². The van der Waals surface area contributed by atoms with Gasteiger partial charge < -0.3 is 24.0 Å². The van der Waals surface area contributed by atoms with Gasteiger partial charge >= 0.3 is 5.97 Å². The maximum atomic E-state index is 12.4. The van der Waals surface area contributed by atoms with E-state index in [1.54, 1.807) is 41.3 Å². The molecule has 0 radical (unpaired) electrons. The zero-order chi connectivity index (χ0) is 23.6. The minimum Gasteiger partial charge on any atom is -0.494 e. The molecule has 0 aliphatic carbocycles. The summed E-state index contributed by atoms with van der Waals surface area (Å²) in [5, 5.41) is 10.8. The molecule has 1 fully saturated rings. The van der Waals surface area contributed by atoms with Gasteiger partial charge in [-0.15, -0.1) is 0 Å². The maximum absolute atomic E-state index is 12.4. The van der Waals surface area contributed by atoms with Gasteiger partial charge in [0.05, 0.1) is 24.6 Å². The molecule has 1 amide bonds. The molecule has 176 valence electrons. The Kier molecular flexibility index (Phi) is 8.45. The zero-order valence-electron chi connectivity index (χ0n) is 18.5. The Morgan fingerprint density at radius 1 is 0.939 bits per heavy atom. The number of amides is 1. The number of esters is 1. The van der Waals surface area contributed by atoms with Gasteiger partial charge in [0.1, 0.15) is 11.5 Å². The summed E-state index contributed by atoms with van der Waals surface area (Å²) in [4.78, 5) is 38.3. The molecule has 0 aromatic heterocycles. The molecular formula is C23H27N3O7. The van der Waals surface area contributed by atoms with Gasteiger partial charge in [0.15, 0.2) is 6.61 Å². The molecule has 10 nitrogen and oxygen atoms in total. The first kappa shape index (κ1) is 23.8. The van der Waals surface area contributed by atoms with Crippen LogP contribution in [0.25, 0.3) is 0 Å². The lowest BCUT2D eigenvalue weighted by Crippen LogP contribution is -2.49. The number of carbonyl (C=O) groups excluding carboxylic acids is 2. The number of nitro groups is 1. The third kappa shape index (κ3) is 7.09. The van der Waals surface area contributed by atoms with Gasteiger partial charge in [-0.3, -0.25) is 19.7 Å². The van der Waals surface area contributed by atoms with Gasteiger partial charge in [-0.25, -0.2) is 0 Å². The second kappa shape index (κ2) is 11.7. The minimum atomic E-state index is -0.501. The molecule has 1 aliphatic heterocycles. The molecule has 0 atom stereocenters. The third-order valence-corrected chi connectivity index (χ3v) is 5.12. The summed E-state index contributed by atoms with van der Waals surface area (Å²) in [6.45, 7) is 4.47. The van der Waals surface area contributed by atoms with Crippen LogP contribution >= 0.6 is 0 Å². The van der Waals surface area contributed by atoms with Crippen LogP contribution in [0.5, 0.6) is 11.5 Å². The van der Waals surface area contributed by atoms with E-state index in [1.807, 2.05) is 6.92 Å². The van der Waals surface area contributed by atoms with Gasteiger partial charge in [-0.05, 0) is 43.3 Å². The lowest BCUT2D eigenvalue weighted by Gasteiger charge is -2.36. The van der Waals surface area contributed by atoms with Crippen molar-refractivity contribution in [2.75, 3.05) is 50.9 Å². The molecule has 1 heterocycles. The van der Waals surface area contributed by atoms with E-state index in [0.717, 1.165) is 11.4 Å². The van der Waals surface area contributed by atoms with E-state index in [1.165, 1.54) is 12.1 Å². The normalized spacial score (nSPS) is 13.4. The highest BCUT2D eigenvalue weighted by atomic mass is 16.6. The average molecular weight is 457 g/mol. The highest BCUT2D eigenvalue weighted by molar-refractivity contribution is 5.81. The first-order valence-electron chi connectivity index (χ1n) is 10.7. The molecular weight excluding hydrogens is 430 g/mol. The van der Waals surface area contributed by atoms with Gasteiger partial charge in [-0.1, -0.05) is 0 Å². The van der Waals surface area contributed by atoms with Crippen molar-refractivity contribution in [3.63, 3.8) is 0 Å². The molecule has 0 spiro atoms. The van der Waals surface area contributed by atoms with Crippen LogP contribution in [0.15, 0.2) is 48.5 Å². The standard InChI is InChI=1S/C23H27N3O7/c1-2-31-20-7-9-21(10-8-20)32-16-11-23(28)33-17-22(27)25-14-12-24(13-15-25)18-3-5-19(6-4-18)26(29)30/h3-10H,2,11-17H2,1H3. The number of rotatable bonds is 10. The second-order valence-electron chi connectivity index (χ2n) is 7.30. The Morgan fingerprint density at radius 2 is 1.55 bits per heavy atom. The molecule has 1 saturated heterocycles. The van der Waals surface area contributed by atoms with Crippen LogP contribution in [0.2, 0.25) is 0 Å². The minimum absolute atomic E-state index is 0.0361. The van der Waals surface area contributed by atoms with Crippen molar-refractivity contribution < 1.29 is 28.7 Å². The summed E-state index contributed by atoms with van der Waals surface area (Å²) in [6.07, 6.45) is 0.0361. The number of piperazine rings is 1. The van der Waals surface area contributed by atoms with E-state index in [-0.39, 0.29) is 31.2 Å². The summed E-state index contributed by atoms with van der Waals surface area (Å²) in [5.41, 5.74) is 0.908. The number of nitro benzene ring substituents is 1. The zero-order valence-corrected chi connectivity index (χ0v) is 18.5. The largest absolute Gasteiger partial charge is 0.494 e. The van der Waals surface area contributed by atoms with Gasteiger partial charge in [0, 0.05) is 44.0 Å². The Hall–Kier alpha value is -3.82. The van der Waals surface area contributed by atoms with Crippen molar-refractivity contribution in [3.8, 4) is 11.5 Å². The van der Waals surface area contributed by atoms with E-state index < -0.39 is 10.9 Å². The highest BCUT2D eigenvalue weighted by Gasteiger charge is 2.22.